The summed E-state index contributed by atoms with van der Waals surface area (Å²) in [5.74, 6) is -0.343. The van der Waals surface area contributed by atoms with E-state index in [4.69, 9.17) is 15.2 Å². The van der Waals surface area contributed by atoms with Crippen molar-refractivity contribution in [1.29, 1.82) is 0 Å². The van der Waals surface area contributed by atoms with Crippen molar-refractivity contribution >= 4 is 27.6 Å². The number of hydrogen-bond donors (Lipinski definition) is 1. The minimum absolute atomic E-state index is 0.0416. The number of carbonyl (C=O) groups excluding carboxylic acids is 1. The van der Waals surface area contributed by atoms with E-state index in [0.29, 0.717) is 22.3 Å². The molecule has 2 N–H and O–H groups in total. The Morgan fingerprint density at radius 3 is 3.00 bits per heavy atom. The predicted molar refractivity (Wildman–Crippen MR) is 72.4 cm³/mol. The van der Waals surface area contributed by atoms with Crippen LogP contribution in [0, 0.1) is 0 Å². The van der Waals surface area contributed by atoms with Crippen LogP contribution in [0.2, 0.25) is 0 Å². The van der Waals surface area contributed by atoms with Gasteiger partial charge in [-0.1, -0.05) is 0 Å². The first-order valence-corrected chi connectivity index (χ1v) is 6.80. The van der Waals surface area contributed by atoms with Crippen molar-refractivity contribution in [3.05, 3.63) is 28.2 Å². The minimum atomic E-state index is -0.343. The Labute approximate surface area is 115 Å². The van der Waals surface area contributed by atoms with Gasteiger partial charge in [0.15, 0.2) is 0 Å². The maximum absolute atomic E-state index is 11.8. The fourth-order valence-electron chi connectivity index (χ4n) is 1.84. The largest absolute Gasteiger partial charge is 0.459 e. The first-order valence-electron chi connectivity index (χ1n) is 6.00. The molecule has 0 aromatic heterocycles. The summed E-state index contributed by atoms with van der Waals surface area (Å²) < 4.78 is 11.4. The van der Waals surface area contributed by atoms with Gasteiger partial charge in [-0.3, -0.25) is 0 Å². The van der Waals surface area contributed by atoms with Crippen molar-refractivity contribution in [3.8, 4) is 0 Å². The van der Waals surface area contributed by atoms with E-state index in [2.05, 4.69) is 15.9 Å². The highest BCUT2D eigenvalue weighted by Crippen LogP contribution is 2.21. The lowest BCUT2D eigenvalue weighted by Gasteiger charge is -2.22. The molecule has 0 radical (unpaired) electrons. The van der Waals surface area contributed by atoms with Crippen LogP contribution in [0.25, 0.3) is 0 Å². The summed E-state index contributed by atoms with van der Waals surface area (Å²) in [5.41, 5.74) is 6.75. The number of halogens is 1. The van der Waals surface area contributed by atoms with Crippen molar-refractivity contribution in [2.45, 2.75) is 25.4 Å². The summed E-state index contributed by atoms with van der Waals surface area (Å²) in [4.78, 5) is 11.8. The van der Waals surface area contributed by atoms with Gasteiger partial charge in [-0.15, -0.1) is 0 Å². The molecule has 4 nitrogen and oxygen atoms in total. The average Bonchev–Trinajstić information content (AvgIpc) is 2.40. The molecule has 5 heteroatoms. The molecule has 0 aliphatic carbocycles. The molecule has 0 spiro atoms. The second kappa shape index (κ2) is 6.20. The summed E-state index contributed by atoms with van der Waals surface area (Å²) >= 11 is 3.28. The Morgan fingerprint density at radius 1 is 1.50 bits per heavy atom. The molecular formula is C13H16BrNO3. The summed E-state index contributed by atoms with van der Waals surface area (Å²) in [5, 5.41) is 0. The van der Waals surface area contributed by atoms with Gasteiger partial charge in [0, 0.05) is 16.8 Å². The third-order valence-electron chi connectivity index (χ3n) is 2.91. The van der Waals surface area contributed by atoms with E-state index >= 15 is 0 Å². The van der Waals surface area contributed by atoms with Crippen LogP contribution in [0.15, 0.2) is 22.7 Å². The van der Waals surface area contributed by atoms with Gasteiger partial charge in [0.2, 0.25) is 0 Å². The molecule has 0 bridgehead atoms. The number of nitrogens with two attached hydrogens (primary N) is 1. The molecule has 0 saturated carbocycles. The van der Waals surface area contributed by atoms with Crippen molar-refractivity contribution in [3.63, 3.8) is 0 Å². The fraction of sp³-hybridized carbons (Fsp3) is 0.462. The number of ether oxygens (including phenoxy) is 2. The summed E-state index contributed by atoms with van der Waals surface area (Å²) in [6.45, 7) is 1.08. The normalized spacial score (nSPS) is 19.5. The molecule has 0 amide bonds. The third kappa shape index (κ3) is 3.46. The van der Waals surface area contributed by atoms with E-state index in [1.807, 2.05) is 0 Å². The van der Waals surface area contributed by atoms with Crippen molar-refractivity contribution in [2.24, 2.45) is 0 Å². The highest BCUT2D eigenvalue weighted by Gasteiger charge is 2.17. The van der Waals surface area contributed by atoms with E-state index in [-0.39, 0.29) is 12.1 Å². The molecule has 2 rings (SSSR count). The van der Waals surface area contributed by atoms with Crippen LogP contribution in [-0.4, -0.2) is 25.3 Å². The fourth-order valence-corrected chi connectivity index (χ4v) is 2.22. The molecule has 1 unspecified atom stereocenters. The first kappa shape index (κ1) is 13.4. The smallest absolute Gasteiger partial charge is 0.338 e. The Kier molecular flexibility index (Phi) is 4.60. The van der Waals surface area contributed by atoms with E-state index in [1.54, 1.807) is 18.2 Å². The zero-order chi connectivity index (χ0) is 13.0. The molecule has 1 aromatic rings. The Bertz CT molecular complexity index is 430. The average molecular weight is 314 g/mol. The predicted octanol–water partition coefficient (Wildman–Crippen LogP) is 2.76. The van der Waals surface area contributed by atoms with Crippen molar-refractivity contribution in [2.75, 3.05) is 18.9 Å². The van der Waals surface area contributed by atoms with Crippen LogP contribution < -0.4 is 5.73 Å². The van der Waals surface area contributed by atoms with E-state index in [0.717, 1.165) is 25.9 Å². The molecule has 1 heterocycles. The summed E-state index contributed by atoms with van der Waals surface area (Å²) in [6.07, 6.45) is 3.23. The van der Waals surface area contributed by atoms with E-state index in [9.17, 15) is 4.79 Å². The third-order valence-corrected chi connectivity index (χ3v) is 3.60. The second-order valence-electron chi connectivity index (χ2n) is 4.32. The maximum Gasteiger partial charge on any atom is 0.338 e. The van der Waals surface area contributed by atoms with Crippen molar-refractivity contribution < 1.29 is 14.3 Å². The van der Waals surface area contributed by atoms with Crippen LogP contribution >= 0.6 is 15.9 Å². The van der Waals surface area contributed by atoms with Crippen LogP contribution in [0.5, 0.6) is 0 Å². The van der Waals surface area contributed by atoms with Gasteiger partial charge >= 0.3 is 5.97 Å². The number of nitrogen functional groups attached to an aromatic ring is 1. The van der Waals surface area contributed by atoms with Gasteiger partial charge < -0.3 is 15.2 Å². The van der Waals surface area contributed by atoms with Crippen LogP contribution in [0.3, 0.4) is 0 Å². The lowest BCUT2D eigenvalue weighted by atomic mass is 10.1. The van der Waals surface area contributed by atoms with Crippen molar-refractivity contribution in [1.82, 2.24) is 0 Å². The highest BCUT2D eigenvalue weighted by atomic mass is 79.9. The Morgan fingerprint density at radius 2 is 2.33 bits per heavy atom. The molecule has 1 aliphatic rings. The number of anilines is 1. The van der Waals surface area contributed by atoms with Crippen LogP contribution in [-0.2, 0) is 9.47 Å². The monoisotopic (exact) mass is 313 g/mol. The van der Waals surface area contributed by atoms with Gasteiger partial charge in [-0.05, 0) is 53.4 Å². The van der Waals surface area contributed by atoms with E-state index < -0.39 is 0 Å². The zero-order valence-electron chi connectivity index (χ0n) is 10.0. The Balaban J connectivity index is 1.88. The van der Waals surface area contributed by atoms with Crippen LogP contribution in [0.1, 0.15) is 29.6 Å². The first-order chi connectivity index (χ1) is 8.66. The SMILES string of the molecule is Nc1ccc(C(=O)OCC2CCCCO2)cc1Br. The zero-order valence-corrected chi connectivity index (χ0v) is 11.6. The Hall–Kier alpha value is -1.07. The molecule has 1 aliphatic heterocycles. The molecule has 1 aromatic carbocycles. The molecule has 98 valence electrons. The van der Waals surface area contributed by atoms with Crippen LogP contribution in [0.4, 0.5) is 5.69 Å². The lowest BCUT2D eigenvalue weighted by Crippen LogP contribution is -2.25. The topological polar surface area (TPSA) is 61.6 Å². The molecule has 1 fully saturated rings. The number of esters is 1. The molecule has 1 saturated heterocycles. The molecular weight excluding hydrogens is 298 g/mol. The van der Waals surface area contributed by atoms with Gasteiger partial charge in [-0.2, -0.15) is 0 Å². The van der Waals surface area contributed by atoms with Gasteiger partial charge in [0.25, 0.3) is 0 Å². The second-order valence-corrected chi connectivity index (χ2v) is 5.18. The van der Waals surface area contributed by atoms with Gasteiger partial charge in [-0.25, -0.2) is 4.79 Å². The standard InChI is InChI=1S/C13H16BrNO3/c14-11-7-9(4-5-12(11)15)13(16)18-8-10-3-1-2-6-17-10/h4-5,7,10H,1-3,6,8,15H2. The van der Waals surface area contributed by atoms with E-state index in [1.165, 1.54) is 0 Å². The quantitative estimate of drug-likeness (QED) is 0.688. The lowest BCUT2D eigenvalue weighted by molar-refractivity contribution is -0.0300. The number of hydrogen-bond acceptors (Lipinski definition) is 4. The van der Waals surface area contributed by atoms with Gasteiger partial charge in [0.05, 0.1) is 11.7 Å². The highest BCUT2D eigenvalue weighted by molar-refractivity contribution is 9.10. The number of benzene rings is 1. The summed E-state index contributed by atoms with van der Waals surface area (Å²) in [6, 6.07) is 5.00. The number of rotatable bonds is 3. The summed E-state index contributed by atoms with van der Waals surface area (Å²) in [7, 11) is 0. The number of carbonyl (C=O) groups is 1. The van der Waals surface area contributed by atoms with Gasteiger partial charge in [0.1, 0.15) is 6.61 Å². The maximum atomic E-state index is 11.8. The molecule has 1 atom stereocenters. The minimum Gasteiger partial charge on any atom is -0.459 e. The molecule has 18 heavy (non-hydrogen) atoms.